The van der Waals surface area contributed by atoms with Crippen molar-refractivity contribution in [3.63, 3.8) is 0 Å². The Labute approximate surface area is 133 Å². The normalized spacial score (nSPS) is 11.4. The summed E-state index contributed by atoms with van der Waals surface area (Å²) < 4.78 is 7.05. The van der Waals surface area contributed by atoms with E-state index in [1.807, 2.05) is 38.1 Å². The second-order valence-corrected chi connectivity index (χ2v) is 5.13. The van der Waals surface area contributed by atoms with E-state index in [9.17, 15) is 4.79 Å². The SMILES string of the molecule is C/C=C/C(=O)Oc1c(CC)c(C)nn1-c1nc2ccccc2[nH]1. The molecule has 0 amide bonds. The van der Waals surface area contributed by atoms with E-state index in [1.54, 1.807) is 17.7 Å². The van der Waals surface area contributed by atoms with Crippen molar-refractivity contribution in [2.45, 2.75) is 27.2 Å². The van der Waals surface area contributed by atoms with Crippen LogP contribution in [-0.2, 0) is 11.2 Å². The molecule has 0 aliphatic carbocycles. The van der Waals surface area contributed by atoms with Crippen LogP contribution in [-0.4, -0.2) is 25.7 Å². The Bertz CT molecular complexity index is 856. The maximum Gasteiger partial charge on any atom is 0.337 e. The molecule has 1 N–H and O–H groups in total. The first-order valence-electron chi connectivity index (χ1n) is 7.52. The number of carbonyl (C=O) groups is 1. The van der Waals surface area contributed by atoms with Crippen LogP contribution in [0, 0.1) is 6.92 Å². The number of carbonyl (C=O) groups excluding carboxylic acids is 1. The van der Waals surface area contributed by atoms with E-state index in [0.717, 1.165) is 22.3 Å². The number of aromatic amines is 1. The monoisotopic (exact) mass is 310 g/mol. The largest absolute Gasteiger partial charge is 0.404 e. The number of aryl methyl sites for hydroxylation is 1. The molecule has 0 aliphatic heterocycles. The van der Waals surface area contributed by atoms with Gasteiger partial charge in [-0.1, -0.05) is 25.1 Å². The lowest BCUT2D eigenvalue weighted by atomic mass is 10.2. The van der Waals surface area contributed by atoms with Crippen LogP contribution in [0.15, 0.2) is 36.4 Å². The predicted molar refractivity (Wildman–Crippen MR) is 87.8 cm³/mol. The lowest BCUT2D eigenvalue weighted by Gasteiger charge is -2.05. The highest BCUT2D eigenvalue weighted by molar-refractivity contribution is 5.84. The Morgan fingerprint density at radius 2 is 2.17 bits per heavy atom. The Kier molecular flexibility index (Phi) is 3.97. The molecule has 118 valence electrons. The minimum Gasteiger partial charge on any atom is -0.404 e. The van der Waals surface area contributed by atoms with Crippen molar-refractivity contribution in [3.8, 4) is 11.8 Å². The van der Waals surface area contributed by atoms with Gasteiger partial charge in [-0.2, -0.15) is 9.78 Å². The van der Waals surface area contributed by atoms with Gasteiger partial charge in [-0.3, -0.25) is 0 Å². The summed E-state index contributed by atoms with van der Waals surface area (Å²) in [4.78, 5) is 19.6. The zero-order chi connectivity index (χ0) is 16.4. The van der Waals surface area contributed by atoms with Gasteiger partial charge < -0.3 is 9.72 Å². The fourth-order valence-corrected chi connectivity index (χ4v) is 2.50. The van der Waals surface area contributed by atoms with Crippen LogP contribution in [0.4, 0.5) is 0 Å². The highest BCUT2D eigenvalue weighted by atomic mass is 16.5. The number of nitrogens with zero attached hydrogens (tertiary/aromatic N) is 3. The van der Waals surface area contributed by atoms with Crippen LogP contribution in [0.25, 0.3) is 17.0 Å². The van der Waals surface area contributed by atoms with E-state index >= 15 is 0 Å². The van der Waals surface area contributed by atoms with Crippen molar-refractivity contribution in [2.75, 3.05) is 0 Å². The highest BCUT2D eigenvalue weighted by Crippen LogP contribution is 2.26. The van der Waals surface area contributed by atoms with E-state index < -0.39 is 5.97 Å². The van der Waals surface area contributed by atoms with E-state index in [4.69, 9.17) is 4.74 Å². The number of allylic oxidation sites excluding steroid dienone is 1. The van der Waals surface area contributed by atoms with Crippen molar-refractivity contribution in [3.05, 3.63) is 47.7 Å². The van der Waals surface area contributed by atoms with Gasteiger partial charge in [0.2, 0.25) is 11.8 Å². The van der Waals surface area contributed by atoms with Gasteiger partial charge in [-0.25, -0.2) is 9.78 Å². The van der Waals surface area contributed by atoms with Crippen molar-refractivity contribution in [1.82, 2.24) is 19.7 Å². The van der Waals surface area contributed by atoms with Gasteiger partial charge in [0.1, 0.15) is 0 Å². The molecule has 2 heterocycles. The quantitative estimate of drug-likeness (QED) is 0.593. The molecule has 0 spiro atoms. The zero-order valence-corrected chi connectivity index (χ0v) is 13.3. The fourth-order valence-electron chi connectivity index (χ4n) is 2.50. The van der Waals surface area contributed by atoms with Gasteiger partial charge in [0.05, 0.1) is 16.7 Å². The van der Waals surface area contributed by atoms with Crippen molar-refractivity contribution >= 4 is 17.0 Å². The average molecular weight is 310 g/mol. The van der Waals surface area contributed by atoms with E-state index in [2.05, 4.69) is 15.1 Å². The number of rotatable bonds is 4. The summed E-state index contributed by atoms with van der Waals surface area (Å²) >= 11 is 0. The summed E-state index contributed by atoms with van der Waals surface area (Å²) in [7, 11) is 0. The average Bonchev–Trinajstić information content (AvgIpc) is 3.08. The summed E-state index contributed by atoms with van der Waals surface area (Å²) in [5.41, 5.74) is 3.44. The number of hydrogen-bond donors (Lipinski definition) is 1. The molecule has 0 unspecified atom stereocenters. The molecule has 3 rings (SSSR count). The number of fused-ring (bicyclic) bond motifs is 1. The summed E-state index contributed by atoms with van der Waals surface area (Å²) in [6.45, 7) is 5.66. The number of para-hydroxylation sites is 2. The maximum atomic E-state index is 11.9. The van der Waals surface area contributed by atoms with Gasteiger partial charge in [0.15, 0.2) is 0 Å². The van der Waals surface area contributed by atoms with Gasteiger partial charge in [0, 0.05) is 11.6 Å². The van der Waals surface area contributed by atoms with Crippen LogP contribution in [0.5, 0.6) is 5.88 Å². The molecule has 3 aromatic rings. The van der Waals surface area contributed by atoms with Crippen molar-refractivity contribution in [2.24, 2.45) is 0 Å². The third-order valence-corrected chi connectivity index (χ3v) is 3.57. The van der Waals surface area contributed by atoms with E-state index in [1.165, 1.54) is 6.08 Å². The number of imidazole rings is 1. The zero-order valence-electron chi connectivity index (χ0n) is 13.3. The number of H-pyrrole nitrogens is 1. The molecule has 6 heteroatoms. The van der Waals surface area contributed by atoms with Crippen LogP contribution in [0.1, 0.15) is 25.1 Å². The number of hydrogen-bond acceptors (Lipinski definition) is 4. The molecule has 6 nitrogen and oxygen atoms in total. The molecule has 0 radical (unpaired) electrons. The maximum absolute atomic E-state index is 11.9. The smallest absolute Gasteiger partial charge is 0.337 e. The standard InChI is InChI=1S/C17H18N4O2/c1-4-8-15(22)23-16-12(5-2)11(3)20-21(16)17-18-13-9-6-7-10-14(13)19-17/h4,6-10H,5H2,1-3H3,(H,18,19)/b8-4+. The Morgan fingerprint density at radius 1 is 1.39 bits per heavy atom. The molecule has 0 saturated heterocycles. The summed E-state index contributed by atoms with van der Waals surface area (Å²) in [6, 6.07) is 7.71. The number of esters is 1. The van der Waals surface area contributed by atoms with Crippen molar-refractivity contribution in [1.29, 1.82) is 0 Å². The second-order valence-electron chi connectivity index (χ2n) is 5.13. The lowest BCUT2D eigenvalue weighted by molar-refractivity contribution is -0.129. The van der Waals surface area contributed by atoms with Crippen LogP contribution < -0.4 is 4.74 Å². The molecule has 23 heavy (non-hydrogen) atoms. The molecular formula is C17H18N4O2. The summed E-state index contributed by atoms with van der Waals surface area (Å²) in [5, 5.41) is 4.48. The number of nitrogens with one attached hydrogen (secondary N) is 1. The third kappa shape index (κ3) is 2.75. The van der Waals surface area contributed by atoms with E-state index in [-0.39, 0.29) is 0 Å². The fraction of sp³-hybridized carbons (Fsp3) is 0.235. The van der Waals surface area contributed by atoms with Crippen LogP contribution in [0.3, 0.4) is 0 Å². The molecular weight excluding hydrogens is 292 g/mol. The van der Waals surface area contributed by atoms with Crippen molar-refractivity contribution < 1.29 is 9.53 Å². The topological polar surface area (TPSA) is 72.8 Å². The van der Waals surface area contributed by atoms with Gasteiger partial charge in [-0.05, 0) is 32.4 Å². The van der Waals surface area contributed by atoms with Gasteiger partial charge in [-0.15, -0.1) is 0 Å². The first-order valence-corrected chi connectivity index (χ1v) is 7.52. The van der Waals surface area contributed by atoms with Crippen LogP contribution >= 0.6 is 0 Å². The third-order valence-electron chi connectivity index (χ3n) is 3.57. The molecule has 0 saturated carbocycles. The molecule has 0 aliphatic rings. The predicted octanol–water partition coefficient (Wildman–Crippen LogP) is 3.10. The summed E-state index contributed by atoms with van der Waals surface area (Å²) in [6.07, 6.45) is 3.73. The molecule has 2 aromatic heterocycles. The highest BCUT2D eigenvalue weighted by Gasteiger charge is 2.20. The number of benzene rings is 1. The molecule has 0 atom stereocenters. The molecule has 1 aromatic carbocycles. The first-order chi connectivity index (χ1) is 11.1. The number of aromatic nitrogens is 4. The Balaban J connectivity index is 2.12. The lowest BCUT2D eigenvalue weighted by Crippen LogP contribution is -2.10. The second kappa shape index (κ2) is 6.08. The Morgan fingerprint density at radius 3 is 2.87 bits per heavy atom. The summed E-state index contributed by atoms with van der Waals surface area (Å²) in [5.74, 6) is 0.504. The van der Waals surface area contributed by atoms with E-state index in [0.29, 0.717) is 18.2 Å². The van der Waals surface area contributed by atoms with Crippen LogP contribution in [0.2, 0.25) is 0 Å². The van der Waals surface area contributed by atoms with Gasteiger partial charge >= 0.3 is 5.97 Å². The first kappa shape index (κ1) is 15.0. The minimum absolute atomic E-state index is 0.409. The number of ether oxygens (including phenoxy) is 1. The minimum atomic E-state index is -0.431. The Hall–Kier alpha value is -2.89. The molecule has 0 fully saturated rings. The molecule has 0 bridgehead atoms. The van der Waals surface area contributed by atoms with Gasteiger partial charge in [0.25, 0.3) is 0 Å².